The Hall–Kier alpha value is -1.89. The second-order valence-corrected chi connectivity index (χ2v) is 7.85. The molecule has 2 N–H and O–H groups in total. The lowest BCUT2D eigenvalue weighted by Gasteiger charge is -2.18. The predicted molar refractivity (Wildman–Crippen MR) is 83.2 cm³/mol. The van der Waals surface area contributed by atoms with Gasteiger partial charge in [-0.15, -0.1) is 0 Å². The zero-order chi connectivity index (χ0) is 16.2. The smallest absolute Gasteiger partial charge is 0.251 e. The number of hydrogen-bond acceptors (Lipinski definition) is 4. The monoisotopic (exact) mass is 324 g/mol. The molecule has 0 spiro atoms. The Balaban J connectivity index is 2.02. The molecule has 0 bridgehead atoms. The van der Waals surface area contributed by atoms with Gasteiger partial charge in [-0.05, 0) is 31.4 Å². The molecule has 2 amide bonds. The Morgan fingerprint density at radius 1 is 1.23 bits per heavy atom. The predicted octanol–water partition coefficient (Wildman–Crippen LogP) is 0.498. The fourth-order valence-electron chi connectivity index (χ4n) is 1.96. The first-order chi connectivity index (χ1) is 10.3. The van der Waals surface area contributed by atoms with Crippen LogP contribution in [0.15, 0.2) is 30.3 Å². The lowest BCUT2D eigenvalue weighted by atomic mass is 10.1. The molecule has 1 aliphatic carbocycles. The number of rotatable bonds is 7. The number of amides is 2. The minimum atomic E-state index is -3.20. The van der Waals surface area contributed by atoms with Crippen LogP contribution in [-0.2, 0) is 14.6 Å². The molecular formula is C15H20N2O4S. The van der Waals surface area contributed by atoms with Crippen LogP contribution in [0.4, 0.5) is 0 Å². The molecule has 2 rings (SSSR count). The largest absolute Gasteiger partial charge is 0.352 e. The van der Waals surface area contributed by atoms with Crippen molar-refractivity contribution in [3.8, 4) is 0 Å². The van der Waals surface area contributed by atoms with Crippen molar-refractivity contribution in [1.82, 2.24) is 10.6 Å². The van der Waals surface area contributed by atoms with Crippen molar-refractivity contribution in [3.63, 3.8) is 0 Å². The van der Waals surface area contributed by atoms with Gasteiger partial charge in [0, 0.05) is 17.9 Å². The van der Waals surface area contributed by atoms with Gasteiger partial charge < -0.3 is 10.6 Å². The molecule has 1 atom stereocenters. The first-order valence-electron chi connectivity index (χ1n) is 7.19. The first kappa shape index (κ1) is 16.5. The van der Waals surface area contributed by atoms with Gasteiger partial charge in [0.15, 0.2) is 0 Å². The molecule has 0 saturated heterocycles. The van der Waals surface area contributed by atoms with E-state index in [1.807, 2.05) is 0 Å². The Morgan fingerprint density at radius 2 is 1.86 bits per heavy atom. The summed E-state index contributed by atoms with van der Waals surface area (Å²) in [5.41, 5.74) is 0.436. The van der Waals surface area contributed by atoms with Gasteiger partial charge in [0.1, 0.15) is 15.9 Å². The van der Waals surface area contributed by atoms with Gasteiger partial charge in [-0.25, -0.2) is 8.42 Å². The summed E-state index contributed by atoms with van der Waals surface area (Å²) in [5.74, 6) is -0.856. The lowest BCUT2D eigenvalue weighted by molar-refractivity contribution is -0.123. The summed E-state index contributed by atoms with van der Waals surface area (Å²) >= 11 is 0. The van der Waals surface area contributed by atoms with E-state index in [-0.39, 0.29) is 30.0 Å². The molecule has 0 unspecified atom stereocenters. The average Bonchev–Trinajstić information content (AvgIpc) is 3.27. The molecule has 1 aliphatic rings. The summed E-state index contributed by atoms with van der Waals surface area (Å²) in [4.78, 5) is 24.3. The molecule has 120 valence electrons. The quantitative estimate of drug-likeness (QED) is 0.764. The van der Waals surface area contributed by atoms with Crippen LogP contribution in [0.3, 0.4) is 0 Å². The molecule has 6 nitrogen and oxygen atoms in total. The van der Waals surface area contributed by atoms with E-state index < -0.39 is 15.9 Å². The number of hydrogen-bond donors (Lipinski definition) is 2. The van der Waals surface area contributed by atoms with E-state index in [4.69, 9.17) is 0 Å². The maximum atomic E-state index is 12.2. The zero-order valence-corrected chi connectivity index (χ0v) is 13.2. The van der Waals surface area contributed by atoms with Crippen LogP contribution < -0.4 is 10.6 Å². The van der Waals surface area contributed by atoms with Crippen molar-refractivity contribution in [3.05, 3.63) is 35.9 Å². The number of nitrogens with one attached hydrogen (secondary N) is 2. The molecule has 0 heterocycles. The van der Waals surface area contributed by atoms with Gasteiger partial charge >= 0.3 is 0 Å². The van der Waals surface area contributed by atoms with Crippen LogP contribution >= 0.6 is 0 Å². The van der Waals surface area contributed by atoms with Crippen LogP contribution in [0.1, 0.15) is 29.6 Å². The summed E-state index contributed by atoms with van der Waals surface area (Å²) in [6.07, 6.45) is 3.03. The van der Waals surface area contributed by atoms with E-state index in [9.17, 15) is 18.0 Å². The van der Waals surface area contributed by atoms with Crippen LogP contribution in [0.2, 0.25) is 0 Å². The van der Waals surface area contributed by atoms with Crippen LogP contribution in [-0.4, -0.2) is 44.3 Å². The molecule has 22 heavy (non-hydrogen) atoms. The van der Waals surface area contributed by atoms with E-state index in [0.29, 0.717) is 5.56 Å². The van der Waals surface area contributed by atoms with Crippen LogP contribution in [0, 0.1) is 0 Å². The summed E-state index contributed by atoms with van der Waals surface area (Å²) in [5, 5.41) is 5.42. The summed E-state index contributed by atoms with van der Waals surface area (Å²) < 4.78 is 22.6. The second-order valence-electron chi connectivity index (χ2n) is 5.59. The average molecular weight is 324 g/mol. The van der Waals surface area contributed by atoms with Gasteiger partial charge in [-0.1, -0.05) is 18.2 Å². The summed E-state index contributed by atoms with van der Waals surface area (Å²) in [6, 6.07) is 7.83. The highest BCUT2D eigenvalue weighted by atomic mass is 32.2. The molecular weight excluding hydrogens is 304 g/mol. The maximum Gasteiger partial charge on any atom is 0.251 e. The van der Waals surface area contributed by atoms with Gasteiger partial charge in [0.2, 0.25) is 5.91 Å². The van der Waals surface area contributed by atoms with E-state index in [1.54, 1.807) is 30.3 Å². The Labute approximate surface area is 130 Å². The van der Waals surface area contributed by atoms with Crippen LogP contribution in [0.5, 0.6) is 0 Å². The van der Waals surface area contributed by atoms with E-state index >= 15 is 0 Å². The number of sulfone groups is 1. The fraction of sp³-hybridized carbons (Fsp3) is 0.467. The molecule has 0 aromatic heterocycles. The topological polar surface area (TPSA) is 92.3 Å². The molecule has 1 fully saturated rings. The van der Waals surface area contributed by atoms with Gasteiger partial charge in [-0.2, -0.15) is 0 Å². The summed E-state index contributed by atoms with van der Waals surface area (Å²) in [7, 11) is -3.20. The fourth-order valence-corrected chi connectivity index (χ4v) is 2.63. The highest BCUT2D eigenvalue weighted by molar-refractivity contribution is 7.90. The minimum Gasteiger partial charge on any atom is -0.352 e. The highest BCUT2D eigenvalue weighted by Crippen LogP contribution is 2.19. The normalized spacial score (nSPS) is 15.9. The van der Waals surface area contributed by atoms with Crippen molar-refractivity contribution >= 4 is 21.7 Å². The van der Waals surface area contributed by atoms with Gasteiger partial charge in [0.25, 0.3) is 5.91 Å². The maximum absolute atomic E-state index is 12.2. The molecule has 1 aromatic rings. The van der Waals surface area contributed by atoms with E-state index in [1.165, 1.54) is 0 Å². The van der Waals surface area contributed by atoms with E-state index in [0.717, 1.165) is 19.1 Å². The number of carbonyl (C=O) groups excluding carboxylic acids is 2. The third-order valence-corrected chi connectivity index (χ3v) is 4.34. The lowest BCUT2D eigenvalue weighted by Crippen LogP contribution is -2.48. The molecule has 0 radical (unpaired) electrons. The van der Waals surface area contributed by atoms with Crippen molar-refractivity contribution in [2.75, 3.05) is 12.0 Å². The SMILES string of the molecule is CS(=O)(=O)CC[C@@H](NC(=O)c1ccccc1)C(=O)NC1CC1. The van der Waals surface area contributed by atoms with Crippen molar-refractivity contribution in [1.29, 1.82) is 0 Å². The highest BCUT2D eigenvalue weighted by Gasteiger charge is 2.29. The van der Waals surface area contributed by atoms with Crippen molar-refractivity contribution in [2.24, 2.45) is 0 Å². The Kier molecular flexibility index (Phi) is 5.18. The molecule has 1 saturated carbocycles. The molecule has 1 aromatic carbocycles. The summed E-state index contributed by atoms with van der Waals surface area (Å²) in [6.45, 7) is 0. The standard InChI is InChI=1S/C15H20N2O4S/c1-22(20,21)10-9-13(15(19)16-12-7-8-12)17-14(18)11-5-3-2-4-6-11/h2-6,12-13H,7-10H2,1H3,(H,16,19)(H,17,18)/t13-/m1/s1. The Bertz CT molecular complexity index is 639. The molecule has 7 heteroatoms. The third-order valence-electron chi connectivity index (χ3n) is 3.36. The van der Waals surface area contributed by atoms with Gasteiger partial charge in [-0.3, -0.25) is 9.59 Å². The van der Waals surface area contributed by atoms with Crippen molar-refractivity contribution in [2.45, 2.75) is 31.3 Å². The van der Waals surface area contributed by atoms with Gasteiger partial charge in [0.05, 0.1) is 5.75 Å². The zero-order valence-electron chi connectivity index (χ0n) is 12.4. The number of benzene rings is 1. The van der Waals surface area contributed by atoms with E-state index in [2.05, 4.69) is 10.6 Å². The van der Waals surface area contributed by atoms with Crippen LogP contribution in [0.25, 0.3) is 0 Å². The minimum absolute atomic E-state index is 0.0654. The van der Waals surface area contributed by atoms with Crippen molar-refractivity contribution < 1.29 is 18.0 Å². The third kappa shape index (κ3) is 5.48. The second kappa shape index (κ2) is 6.91. The number of carbonyl (C=O) groups is 2. The molecule has 0 aliphatic heterocycles. The first-order valence-corrected chi connectivity index (χ1v) is 9.25. The Morgan fingerprint density at radius 3 is 2.41 bits per heavy atom.